The highest BCUT2D eigenvalue weighted by molar-refractivity contribution is 5.63. The standard InChI is InChI=1S/C21H20F3N3O2/c1-14(20(28)16-6-4-3-5-7-16)27(2)19-12-18(25-13-26-19)15-8-10-17(11-9-15)29-21(22,23)24/h3-14,20,28H,1-2H3. The molecule has 0 fully saturated rings. The van der Waals surface area contributed by atoms with Gasteiger partial charge in [0, 0.05) is 18.7 Å². The Hall–Kier alpha value is -3.13. The molecule has 1 heterocycles. The molecule has 0 saturated carbocycles. The van der Waals surface area contributed by atoms with Crippen LogP contribution in [0.2, 0.25) is 0 Å². The zero-order valence-electron chi connectivity index (χ0n) is 15.8. The predicted octanol–water partition coefficient (Wildman–Crippen LogP) is 4.60. The van der Waals surface area contributed by atoms with Crippen molar-refractivity contribution in [3.63, 3.8) is 0 Å². The maximum Gasteiger partial charge on any atom is 0.573 e. The summed E-state index contributed by atoms with van der Waals surface area (Å²) in [5.74, 6) is 0.278. The van der Waals surface area contributed by atoms with Crippen molar-refractivity contribution in [2.75, 3.05) is 11.9 Å². The van der Waals surface area contributed by atoms with Crippen LogP contribution in [0.3, 0.4) is 0 Å². The first-order valence-corrected chi connectivity index (χ1v) is 8.88. The molecule has 1 aromatic heterocycles. The van der Waals surface area contributed by atoms with Crippen LogP contribution in [0.5, 0.6) is 5.75 Å². The molecule has 5 nitrogen and oxygen atoms in total. The predicted molar refractivity (Wildman–Crippen MR) is 103 cm³/mol. The summed E-state index contributed by atoms with van der Waals surface area (Å²) >= 11 is 0. The largest absolute Gasteiger partial charge is 0.573 e. The van der Waals surface area contributed by atoms with Gasteiger partial charge in [-0.25, -0.2) is 9.97 Å². The molecule has 0 amide bonds. The lowest BCUT2D eigenvalue weighted by molar-refractivity contribution is -0.274. The van der Waals surface area contributed by atoms with Crippen molar-refractivity contribution in [2.45, 2.75) is 25.4 Å². The fraction of sp³-hybridized carbons (Fsp3) is 0.238. The number of benzene rings is 2. The monoisotopic (exact) mass is 403 g/mol. The lowest BCUT2D eigenvalue weighted by Gasteiger charge is -2.30. The lowest BCUT2D eigenvalue weighted by atomic mass is 10.0. The van der Waals surface area contributed by atoms with Crippen molar-refractivity contribution in [1.82, 2.24) is 9.97 Å². The van der Waals surface area contributed by atoms with Gasteiger partial charge in [0.1, 0.15) is 17.9 Å². The van der Waals surface area contributed by atoms with E-state index in [0.29, 0.717) is 17.1 Å². The molecule has 1 N–H and O–H groups in total. The Morgan fingerprint density at radius 1 is 1.00 bits per heavy atom. The summed E-state index contributed by atoms with van der Waals surface area (Å²) in [4.78, 5) is 10.3. The van der Waals surface area contributed by atoms with Crippen LogP contribution in [0.25, 0.3) is 11.3 Å². The highest BCUT2D eigenvalue weighted by atomic mass is 19.4. The van der Waals surface area contributed by atoms with E-state index in [4.69, 9.17) is 0 Å². The molecular formula is C21H20F3N3O2. The van der Waals surface area contributed by atoms with Gasteiger partial charge in [-0.3, -0.25) is 0 Å². The van der Waals surface area contributed by atoms with Gasteiger partial charge >= 0.3 is 6.36 Å². The maximum atomic E-state index is 12.3. The van der Waals surface area contributed by atoms with Gasteiger partial charge in [-0.1, -0.05) is 30.3 Å². The molecule has 2 aromatic carbocycles. The van der Waals surface area contributed by atoms with E-state index >= 15 is 0 Å². The highest BCUT2D eigenvalue weighted by Crippen LogP contribution is 2.28. The van der Waals surface area contributed by atoms with Gasteiger partial charge < -0.3 is 14.7 Å². The van der Waals surface area contributed by atoms with Crippen LogP contribution in [0.15, 0.2) is 67.0 Å². The van der Waals surface area contributed by atoms with E-state index in [2.05, 4.69) is 14.7 Å². The fourth-order valence-electron chi connectivity index (χ4n) is 2.87. The molecule has 0 bridgehead atoms. The normalized spacial score (nSPS) is 13.6. The van der Waals surface area contributed by atoms with E-state index < -0.39 is 12.5 Å². The zero-order chi connectivity index (χ0) is 21.0. The summed E-state index contributed by atoms with van der Waals surface area (Å²) in [6.07, 6.45) is -4.08. The topological polar surface area (TPSA) is 58.5 Å². The quantitative estimate of drug-likeness (QED) is 0.652. The number of hydrogen-bond donors (Lipinski definition) is 1. The first-order chi connectivity index (χ1) is 13.7. The van der Waals surface area contributed by atoms with Crippen LogP contribution in [-0.2, 0) is 0 Å². The Morgan fingerprint density at radius 3 is 2.28 bits per heavy atom. The van der Waals surface area contributed by atoms with E-state index in [-0.39, 0.29) is 11.8 Å². The summed E-state index contributed by atoms with van der Waals surface area (Å²) < 4.78 is 40.8. The van der Waals surface area contributed by atoms with Crippen molar-refractivity contribution in [3.8, 4) is 17.0 Å². The average molecular weight is 403 g/mol. The summed E-state index contributed by atoms with van der Waals surface area (Å²) in [5, 5.41) is 10.6. The fourth-order valence-corrected chi connectivity index (χ4v) is 2.87. The van der Waals surface area contributed by atoms with Gasteiger partial charge in [0.15, 0.2) is 0 Å². The molecular weight excluding hydrogens is 383 g/mol. The average Bonchev–Trinajstić information content (AvgIpc) is 2.72. The minimum atomic E-state index is -4.73. The molecule has 2 unspecified atom stereocenters. The van der Waals surface area contributed by atoms with Crippen LogP contribution in [0.1, 0.15) is 18.6 Å². The summed E-state index contributed by atoms with van der Waals surface area (Å²) in [6, 6.07) is 16.2. The van der Waals surface area contributed by atoms with E-state index in [9.17, 15) is 18.3 Å². The van der Waals surface area contributed by atoms with Gasteiger partial charge in [0.25, 0.3) is 0 Å². The Balaban J connectivity index is 1.78. The van der Waals surface area contributed by atoms with Crippen LogP contribution < -0.4 is 9.64 Å². The van der Waals surface area contributed by atoms with Crippen LogP contribution in [-0.4, -0.2) is 34.5 Å². The summed E-state index contributed by atoms with van der Waals surface area (Å²) in [7, 11) is 1.81. The second kappa shape index (κ2) is 8.48. The van der Waals surface area contributed by atoms with Crippen LogP contribution in [0, 0.1) is 0 Å². The number of hydrogen-bond acceptors (Lipinski definition) is 5. The van der Waals surface area contributed by atoms with E-state index in [1.807, 2.05) is 49.2 Å². The molecule has 0 aliphatic carbocycles. The molecule has 8 heteroatoms. The van der Waals surface area contributed by atoms with Crippen molar-refractivity contribution in [2.24, 2.45) is 0 Å². The molecule has 0 aliphatic rings. The molecule has 3 aromatic rings. The zero-order valence-corrected chi connectivity index (χ0v) is 15.8. The van der Waals surface area contributed by atoms with Crippen LogP contribution in [0.4, 0.5) is 19.0 Å². The van der Waals surface area contributed by atoms with Gasteiger partial charge in [0.2, 0.25) is 0 Å². The van der Waals surface area contributed by atoms with Gasteiger partial charge in [-0.15, -0.1) is 13.2 Å². The number of alkyl halides is 3. The second-order valence-electron chi connectivity index (χ2n) is 6.54. The molecule has 0 aliphatic heterocycles. The number of rotatable bonds is 6. The van der Waals surface area contributed by atoms with Crippen molar-refractivity contribution < 1.29 is 23.0 Å². The molecule has 29 heavy (non-hydrogen) atoms. The number of ether oxygens (including phenoxy) is 1. The SMILES string of the molecule is CC(C(O)c1ccccc1)N(C)c1cc(-c2ccc(OC(F)(F)F)cc2)ncn1. The Morgan fingerprint density at radius 2 is 1.66 bits per heavy atom. The number of aliphatic hydroxyl groups is 1. The van der Waals surface area contributed by atoms with Gasteiger partial charge in [-0.2, -0.15) is 0 Å². The number of nitrogens with zero attached hydrogens (tertiary/aromatic N) is 3. The minimum Gasteiger partial charge on any atom is -0.406 e. The molecule has 0 spiro atoms. The van der Waals surface area contributed by atoms with Crippen LogP contribution >= 0.6 is 0 Å². The summed E-state index contributed by atoms with van der Waals surface area (Å²) in [5.41, 5.74) is 1.95. The van der Waals surface area contributed by atoms with E-state index in [1.54, 1.807) is 6.07 Å². The molecule has 0 saturated heterocycles. The number of aromatic nitrogens is 2. The van der Waals surface area contributed by atoms with E-state index in [1.165, 1.54) is 30.6 Å². The molecule has 2 atom stereocenters. The van der Waals surface area contributed by atoms with Gasteiger partial charge in [0.05, 0.1) is 17.8 Å². The number of likely N-dealkylation sites (N-methyl/N-ethyl adjacent to an activating group) is 1. The third-order valence-corrected chi connectivity index (χ3v) is 4.61. The Labute approximate surface area is 166 Å². The third kappa shape index (κ3) is 5.23. The molecule has 152 valence electrons. The van der Waals surface area contributed by atoms with E-state index in [0.717, 1.165) is 5.56 Å². The summed E-state index contributed by atoms with van der Waals surface area (Å²) in [6.45, 7) is 1.88. The first kappa shape index (κ1) is 20.6. The number of anilines is 1. The Kier molecular flexibility index (Phi) is 6.03. The van der Waals surface area contributed by atoms with Crippen molar-refractivity contribution in [1.29, 1.82) is 0 Å². The lowest BCUT2D eigenvalue weighted by Crippen LogP contribution is -2.35. The minimum absolute atomic E-state index is 0.275. The number of aliphatic hydroxyl groups excluding tert-OH is 1. The van der Waals surface area contributed by atoms with Gasteiger partial charge in [-0.05, 0) is 36.8 Å². The smallest absolute Gasteiger partial charge is 0.406 e. The van der Waals surface area contributed by atoms with Crippen molar-refractivity contribution >= 4 is 5.82 Å². The second-order valence-corrected chi connectivity index (χ2v) is 6.54. The molecule has 3 rings (SSSR count). The van der Waals surface area contributed by atoms with Crippen molar-refractivity contribution in [3.05, 3.63) is 72.6 Å². The molecule has 0 radical (unpaired) electrons. The Bertz CT molecular complexity index is 934. The first-order valence-electron chi connectivity index (χ1n) is 8.88. The highest BCUT2D eigenvalue weighted by Gasteiger charge is 2.31. The third-order valence-electron chi connectivity index (χ3n) is 4.61. The maximum absolute atomic E-state index is 12.3. The number of halogens is 3.